The third kappa shape index (κ3) is 0.663. The van der Waals surface area contributed by atoms with Crippen LogP contribution in [0.25, 0.3) is 0 Å². The molecule has 2 aliphatic rings. The van der Waals surface area contributed by atoms with E-state index in [1.165, 1.54) is 13.1 Å². The van der Waals surface area contributed by atoms with Crippen molar-refractivity contribution in [2.45, 2.75) is 6.92 Å². The first kappa shape index (κ1) is 6.62. The van der Waals surface area contributed by atoms with Crippen molar-refractivity contribution < 1.29 is 4.74 Å². The summed E-state index contributed by atoms with van der Waals surface area (Å²) in [6.07, 6.45) is 0. The van der Waals surface area contributed by atoms with Gasteiger partial charge in [0.25, 0.3) is 0 Å². The van der Waals surface area contributed by atoms with Crippen molar-refractivity contribution in [1.82, 2.24) is 5.32 Å². The third-order valence-electron chi connectivity index (χ3n) is 3.25. The van der Waals surface area contributed by atoms with Crippen LogP contribution in [0.1, 0.15) is 6.92 Å². The Kier molecular flexibility index (Phi) is 1.29. The van der Waals surface area contributed by atoms with Crippen molar-refractivity contribution in [1.29, 1.82) is 0 Å². The van der Waals surface area contributed by atoms with Gasteiger partial charge >= 0.3 is 0 Å². The standard InChI is InChI=1S/C8H15NO/c1-8(5-10-2)6-3-9-4-7(6)8/h6-7,9H,3-5H2,1-2H3/t6-,7+,8?. The molecule has 2 nitrogen and oxygen atoms in total. The first-order chi connectivity index (χ1) is 4.79. The van der Waals surface area contributed by atoms with Crippen LogP contribution in [0, 0.1) is 17.3 Å². The molecule has 0 radical (unpaired) electrons. The molecule has 0 amide bonds. The van der Waals surface area contributed by atoms with Gasteiger partial charge in [-0.15, -0.1) is 0 Å². The number of rotatable bonds is 2. The van der Waals surface area contributed by atoms with Gasteiger partial charge in [-0.1, -0.05) is 6.92 Å². The molecule has 0 aromatic heterocycles. The summed E-state index contributed by atoms with van der Waals surface area (Å²) in [5.74, 6) is 1.82. The molecule has 0 bridgehead atoms. The molecule has 1 aliphatic heterocycles. The maximum Gasteiger partial charge on any atom is 0.0522 e. The molecule has 1 saturated carbocycles. The van der Waals surface area contributed by atoms with Crippen molar-refractivity contribution in [3.63, 3.8) is 0 Å². The lowest BCUT2D eigenvalue weighted by atomic mass is 10.1. The lowest BCUT2D eigenvalue weighted by Gasteiger charge is -2.13. The molecule has 1 N–H and O–H groups in total. The van der Waals surface area contributed by atoms with E-state index in [-0.39, 0.29) is 0 Å². The molecule has 1 aliphatic carbocycles. The monoisotopic (exact) mass is 141 g/mol. The van der Waals surface area contributed by atoms with E-state index >= 15 is 0 Å². The number of hydrogen-bond donors (Lipinski definition) is 1. The minimum absolute atomic E-state index is 0.528. The van der Waals surface area contributed by atoms with Gasteiger partial charge in [0.05, 0.1) is 6.61 Å². The highest BCUT2D eigenvalue weighted by Gasteiger charge is 2.62. The summed E-state index contributed by atoms with van der Waals surface area (Å²) in [5, 5.41) is 3.38. The zero-order valence-corrected chi connectivity index (χ0v) is 6.68. The van der Waals surface area contributed by atoms with Crippen LogP contribution in [0.4, 0.5) is 0 Å². The molecule has 1 unspecified atom stereocenters. The Hall–Kier alpha value is -0.0800. The average Bonchev–Trinajstić information content (AvgIpc) is 2.30. The third-order valence-corrected chi connectivity index (χ3v) is 3.25. The molecule has 1 heterocycles. The van der Waals surface area contributed by atoms with Gasteiger partial charge in [-0.2, -0.15) is 0 Å². The van der Waals surface area contributed by atoms with E-state index < -0.39 is 0 Å². The van der Waals surface area contributed by atoms with Gasteiger partial charge in [-0.05, 0) is 30.3 Å². The van der Waals surface area contributed by atoms with E-state index in [4.69, 9.17) is 4.74 Å². The molecule has 58 valence electrons. The van der Waals surface area contributed by atoms with E-state index in [0.29, 0.717) is 5.41 Å². The zero-order valence-electron chi connectivity index (χ0n) is 6.68. The fourth-order valence-corrected chi connectivity index (χ4v) is 2.43. The molecule has 3 atom stereocenters. The molecule has 2 rings (SSSR count). The van der Waals surface area contributed by atoms with E-state index in [2.05, 4.69) is 12.2 Å². The highest BCUT2D eigenvalue weighted by molar-refractivity contribution is 5.12. The lowest BCUT2D eigenvalue weighted by Crippen LogP contribution is -2.23. The highest BCUT2D eigenvalue weighted by Crippen LogP contribution is 2.60. The zero-order chi connectivity index (χ0) is 7.19. The van der Waals surface area contributed by atoms with Gasteiger partial charge in [-0.3, -0.25) is 0 Å². The molecular formula is C8H15NO. The maximum absolute atomic E-state index is 5.18. The van der Waals surface area contributed by atoms with Gasteiger partial charge in [0.15, 0.2) is 0 Å². The van der Waals surface area contributed by atoms with Gasteiger partial charge in [0.2, 0.25) is 0 Å². The summed E-state index contributed by atoms with van der Waals surface area (Å²) in [4.78, 5) is 0. The Morgan fingerprint density at radius 3 is 2.60 bits per heavy atom. The van der Waals surface area contributed by atoms with Crippen LogP contribution in [0.15, 0.2) is 0 Å². The largest absolute Gasteiger partial charge is 0.384 e. The Morgan fingerprint density at radius 1 is 1.50 bits per heavy atom. The van der Waals surface area contributed by atoms with Gasteiger partial charge in [0.1, 0.15) is 0 Å². The second-order valence-corrected chi connectivity index (χ2v) is 3.81. The fraction of sp³-hybridized carbons (Fsp3) is 1.00. The van der Waals surface area contributed by atoms with Gasteiger partial charge in [-0.25, -0.2) is 0 Å². The SMILES string of the molecule is COCC1(C)[C@@H]2CNC[C@@H]21. The second-order valence-electron chi connectivity index (χ2n) is 3.81. The number of methoxy groups -OCH3 is 1. The average molecular weight is 141 g/mol. The molecule has 2 fully saturated rings. The quantitative estimate of drug-likeness (QED) is 0.604. The summed E-state index contributed by atoms with van der Waals surface area (Å²) in [5.41, 5.74) is 0.528. The molecule has 0 spiro atoms. The molecule has 0 aromatic rings. The number of nitrogens with one attached hydrogen (secondary N) is 1. The van der Waals surface area contributed by atoms with Crippen LogP contribution in [-0.4, -0.2) is 26.8 Å². The fourth-order valence-electron chi connectivity index (χ4n) is 2.43. The first-order valence-electron chi connectivity index (χ1n) is 3.98. The smallest absolute Gasteiger partial charge is 0.0522 e. The molecular weight excluding hydrogens is 126 g/mol. The van der Waals surface area contributed by atoms with Crippen LogP contribution in [0.5, 0.6) is 0 Å². The Balaban J connectivity index is 1.96. The minimum atomic E-state index is 0.528. The lowest BCUT2D eigenvalue weighted by molar-refractivity contribution is 0.131. The first-order valence-corrected chi connectivity index (χ1v) is 3.98. The van der Waals surface area contributed by atoms with Crippen molar-refractivity contribution in [3.05, 3.63) is 0 Å². The van der Waals surface area contributed by atoms with E-state index in [0.717, 1.165) is 18.4 Å². The van der Waals surface area contributed by atoms with Crippen molar-refractivity contribution in [2.24, 2.45) is 17.3 Å². The Bertz CT molecular complexity index is 136. The summed E-state index contributed by atoms with van der Waals surface area (Å²) >= 11 is 0. The Morgan fingerprint density at radius 2 is 2.10 bits per heavy atom. The predicted octanol–water partition coefficient (Wildman–Crippen LogP) is 0.488. The van der Waals surface area contributed by atoms with Crippen molar-refractivity contribution in [3.8, 4) is 0 Å². The molecule has 10 heavy (non-hydrogen) atoms. The highest BCUT2D eigenvalue weighted by atomic mass is 16.5. The summed E-state index contributed by atoms with van der Waals surface area (Å²) in [6.45, 7) is 5.71. The van der Waals surface area contributed by atoms with Crippen LogP contribution >= 0.6 is 0 Å². The summed E-state index contributed by atoms with van der Waals surface area (Å²) in [6, 6.07) is 0. The van der Waals surface area contributed by atoms with Crippen molar-refractivity contribution in [2.75, 3.05) is 26.8 Å². The second kappa shape index (κ2) is 1.95. The molecule has 2 heteroatoms. The van der Waals surface area contributed by atoms with E-state index in [1.807, 2.05) is 0 Å². The van der Waals surface area contributed by atoms with Crippen LogP contribution in [0.2, 0.25) is 0 Å². The van der Waals surface area contributed by atoms with E-state index in [9.17, 15) is 0 Å². The normalized spacial score (nSPS) is 51.0. The molecule has 1 saturated heterocycles. The minimum Gasteiger partial charge on any atom is -0.384 e. The maximum atomic E-state index is 5.18. The van der Waals surface area contributed by atoms with Crippen LogP contribution in [0.3, 0.4) is 0 Å². The number of fused-ring (bicyclic) bond motifs is 1. The van der Waals surface area contributed by atoms with Crippen LogP contribution < -0.4 is 5.32 Å². The number of hydrogen-bond acceptors (Lipinski definition) is 2. The predicted molar refractivity (Wildman–Crippen MR) is 39.8 cm³/mol. The van der Waals surface area contributed by atoms with Crippen LogP contribution in [-0.2, 0) is 4.74 Å². The molecule has 0 aromatic carbocycles. The van der Waals surface area contributed by atoms with Crippen molar-refractivity contribution >= 4 is 0 Å². The topological polar surface area (TPSA) is 21.3 Å². The van der Waals surface area contributed by atoms with Gasteiger partial charge < -0.3 is 10.1 Å². The summed E-state index contributed by atoms with van der Waals surface area (Å²) < 4.78 is 5.18. The summed E-state index contributed by atoms with van der Waals surface area (Å²) in [7, 11) is 1.80. The Labute approximate surface area is 61.9 Å². The van der Waals surface area contributed by atoms with E-state index in [1.54, 1.807) is 7.11 Å². The van der Waals surface area contributed by atoms with Gasteiger partial charge in [0, 0.05) is 7.11 Å². The number of piperidine rings is 1. The number of ether oxygens (including phenoxy) is 1.